The SMILES string of the molecule is COc1ccc(-c2csc(NC(=O)c3ccc(NS(=O)(=O)c4ccccc4)cc3)n2)cc1OC. The number of ether oxygens (including phenoxy) is 2. The molecule has 0 bridgehead atoms. The molecule has 0 aliphatic rings. The Kier molecular flexibility index (Phi) is 6.80. The van der Waals surface area contributed by atoms with Gasteiger partial charge in [-0.2, -0.15) is 0 Å². The third-order valence-corrected chi connectivity index (χ3v) is 7.01. The summed E-state index contributed by atoms with van der Waals surface area (Å²) in [5.41, 5.74) is 2.23. The fourth-order valence-corrected chi connectivity index (χ4v) is 4.93. The van der Waals surface area contributed by atoms with Crippen LogP contribution in [0, 0.1) is 0 Å². The summed E-state index contributed by atoms with van der Waals surface area (Å²) in [5.74, 6) is 0.844. The van der Waals surface area contributed by atoms with E-state index in [0.717, 1.165) is 5.56 Å². The maximum Gasteiger partial charge on any atom is 0.261 e. The zero-order valence-electron chi connectivity index (χ0n) is 18.3. The van der Waals surface area contributed by atoms with Crippen molar-refractivity contribution in [1.82, 2.24) is 4.98 Å². The number of anilines is 2. The maximum atomic E-state index is 12.6. The van der Waals surface area contributed by atoms with Crippen molar-refractivity contribution < 1.29 is 22.7 Å². The number of nitrogens with one attached hydrogen (secondary N) is 2. The third kappa shape index (κ3) is 5.19. The quantitative estimate of drug-likeness (QED) is 0.361. The Hall–Kier alpha value is -3.89. The van der Waals surface area contributed by atoms with Crippen molar-refractivity contribution in [3.63, 3.8) is 0 Å². The summed E-state index contributed by atoms with van der Waals surface area (Å²) in [6.45, 7) is 0. The average Bonchev–Trinajstić information content (AvgIpc) is 3.32. The highest BCUT2D eigenvalue weighted by atomic mass is 32.2. The molecule has 8 nitrogen and oxygen atoms in total. The van der Waals surface area contributed by atoms with Crippen LogP contribution < -0.4 is 19.5 Å². The lowest BCUT2D eigenvalue weighted by Crippen LogP contribution is -2.14. The number of sulfonamides is 1. The summed E-state index contributed by atoms with van der Waals surface area (Å²) >= 11 is 1.29. The van der Waals surface area contributed by atoms with Gasteiger partial charge in [0, 0.05) is 22.2 Å². The van der Waals surface area contributed by atoms with Crippen LogP contribution in [-0.2, 0) is 10.0 Å². The van der Waals surface area contributed by atoms with Gasteiger partial charge in [0.15, 0.2) is 16.6 Å². The largest absolute Gasteiger partial charge is 0.493 e. The molecule has 0 aliphatic heterocycles. The standard InChI is InChI=1S/C24H21N3O5S2/c1-31-21-13-10-17(14-22(21)32-2)20-15-33-24(25-20)26-23(28)16-8-11-18(12-9-16)27-34(29,30)19-6-4-3-5-7-19/h3-15,27H,1-2H3,(H,25,26,28). The summed E-state index contributed by atoms with van der Waals surface area (Å²) in [4.78, 5) is 17.3. The van der Waals surface area contributed by atoms with E-state index in [1.807, 2.05) is 17.5 Å². The smallest absolute Gasteiger partial charge is 0.261 e. The molecule has 10 heteroatoms. The van der Waals surface area contributed by atoms with Crippen LogP contribution in [0.1, 0.15) is 10.4 Å². The number of hydrogen-bond donors (Lipinski definition) is 2. The highest BCUT2D eigenvalue weighted by molar-refractivity contribution is 7.92. The van der Waals surface area contributed by atoms with Crippen LogP contribution in [-0.4, -0.2) is 33.5 Å². The predicted octanol–water partition coefficient (Wildman–Crippen LogP) is 4.88. The molecule has 174 valence electrons. The summed E-state index contributed by atoms with van der Waals surface area (Å²) in [5, 5.41) is 5.03. The molecular weight excluding hydrogens is 474 g/mol. The molecule has 0 spiro atoms. The molecular formula is C24H21N3O5S2. The van der Waals surface area contributed by atoms with E-state index in [2.05, 4.69) is 15.0 Å². The minimum Gasteiger partial charge on any atom is -0.493 e. The first-order valence-corrected chi connectivity index (χ1v) is 12.4. The van der Waals surface area contributed by atoms with Gasteiger partial charge in [-0.15, -0.1) is 11.3 Å². The van der Waals surface area contributed by atoms with Crippen molar-refractivity contribution in [2.45, 2.75) is 4.90 Å². The molecule has 0 atom stereocenters. The van der Waals surface area contributed by atoms with Crippen LogP contribution in [0.5, 0.6) is 11.5 Å². The Morgan fingerprint density at radius 1 is 0.912 bits per heavy atom. The number of carbonyl (C=O) groups excluding carboxylic acids is 1. The Balaban J connectivity index is 1.43. The summed E-state index contributed by atoms with van der Waals surface area (Å²) < 4.78 is 38.0. The molecule has 0 fully saturated rings. The number of benzene rings is 3. The second-order valence-electron chi connectivity index (χ2n) is 7.06. The first-order chi connectivity index (χ1) is 16.4. The number of methoxy groups -OCH3 is 2. The van der Waals surface area contributed by atoms with Gasteiger partial charge in [0.2, 0.25) is 0 Å². The second-order valence-corrected chi connectivity index (χ2v) is 9.60. The van der Waals surface area contributed by atoms with Gasteiger partial charge in [-0.1, -0.05) is 18.2 Å². The van der Waals surface area contributed by atoms with E-state index >= 15 is 0 Å². The van der Waals surface area contributed by atoms with Crippen molar-refractivity contribution in [3.8, 4) is 22.8 Å². The monoisotopic (exact) mass is 495 g/mol. The molecule has 4 rings (SSSR count). The van der Waals surface area contributed by atoms with Crippen molar-refractivity contribution >= 4 is 38.1 Å². The lowest BCUT2D eigenvalue weighted by atomic mass is 10.1. The van der Waals surface area contributed by atoms with Crippen molar-refractivity contribution in [2.75, 3.05) is 24.3 Å². The molecule has 0 aliphatic carbocycles. The molecule has 0 saturated heterocycles. The van der Waals surface area contributed by atoms with Crippen LogP contribution in [0.25, 0.3) is 11.3 Å². The van der Waals surface area contributed by atoms with E-state index < -0.39 is 10.0 Å². The van der Waals surface area contributed by atoms with E-state index in [0.29, 0.717) is 33.6 Å². The summed E-state index contributed by atoms with van der Waals surface area (Å²) in [7, 11) is -0.574. The van der Waals surface area contributed by atoms with E-state index in [1.54, 1.807) is 50.6 Å². The van der Waals surface area contributed by atoms with Gasteiger partial charge in [0.1, 0.15) is 0 Å². The van der Waals surface area contributed by atoms with Crippen molar-refractivity contribution in [2.24, 2.45) is 0 Å². The lowest BCUT2D eigenvalue weighted by Gasteiger charge is -2.09. The third-order valence-electron chi connectivity index (χ3n) is 4.86. The van der Waals surface area contributed by atoms with E-state index in [9.17, 15) is 13.2 Å². The minimum absolute atomic E-state index is 0.158. The molecule has 1 heterocycles. The molecule has 1 amide bonds. The van der Waals surface area contributed by atoms with Gasteiger partial charge < -0.3 is 9.47 Å². The zero-order valence-corrected chi connectivity index (χ0v) is 19.9. The van der Waals surface area contributed by atoms with E-state index in [4.69, 9.17) is 9.47 Å². The number of amides is 1. The number of hydrogen-bond acceptors (Lipinski definition) is 7. The fourth-order valence-electron chi connectivity index (χ4n) is 3.13. The molecule has 3 aromatic carbocycles. The van der Waals surface area contributed by atoms with Crippen LogP contribution in [0.2, 0.25) is 0 Å². The molecule has 2 N–H and O–H groups in total. The maximum absolute atomic E-state index is 12.6. The van der Waals surface area contributed by atoms with Crippen LogP contribution in [0.3, 0.4) is 0 Å². The van der Waals surface area contributed by atoms with Gasteiger partial charge in [0.05, 0.1) is 24.8 Å². The number of rotatable bonds is 8. The number of aromatic nitrogens is 1. The topological polar surface area (TPSA) is 107 Å². The summed E-state index contributed by atoms with van der Waals surface area (Å²) in [6, 6.07) is 19.7. The highest BCUT2D eigenvalue weighted by Gasteiger charge is 2.15. The van der Waals surface area contributed by atoms with Crippen LogP contribution in [0.4, 0.5) is 10.8 Å². The number of carbonyl (C=O) groups is 1. The minimum atomic E-state index is -3.70. The molecule has 0 unspecified atom stereocenters. The Morgan fingerprint density at radius 3 is 2.29 bits per heavy atom. The second kappa shape index (κ2) is 9.94. The highest BCUT2D eigenvalue weighted by Crippen LogP contribution is 2.33. The molecule has 1 aromatic heterocycles. The van der Waals surface area contributed by atoms with Gasteiger partial charge in [-0.05, 0) is 54.6 Å². The number of thiazole rings is 1. The first kappa shape index (κ1) is 23.3. The molecule has 4 aromatic rings. The van der Waals surface area contributed by atoms with Crippen LogP contribution >= 0.6 is 11.3 Å². The summed E-state index contributed by atoms with van der Waals surface area (Å²) in [6.07, 6.45) is 0. The van der Waals surface area contributed by atoms with Crippen molar-refractivity contribution in [3.05, 3.63) is 83.7 Å². The van der Waals surface area contributed by atoms with E-state index in [-0.39, 0.29) is 10.8 Å². The van der Waals surface area contributed by atoms with E-state index in [1.165, 1.54) is 35.6 Å². The Bertz CT molecular complexity index is 1400. The zero-order chi connectivity index (χ0) is 24.1. The fraction of sp³-hybridized carbons (Fsp3) is 0.0833. The molecule has 34 heavy (non-hydrogen) atoms. The van der Waals surface area contributed by atoms with Gasteiger partial charge in [-0.25, -0.2) is 13.4 Å². The molecule has 0 radical (unpaired) electrons. The Morgan fingerprint density at radius 2 is 1.62 bits per heavy atom. The molecule has 0 saturated carbocycles. The first-order valence-electron chi connectivity index (χ1n) is 10.1. The van der Waals surface area contributed by atoms with Gasteiger partial charge in [0.25, 0.3) is 15.9 Å². The normalized spacial score (nSPS) is 11.0. The number of nitrogens with zero attached hydrogens (tertiary/aromatic N) is 1. The van der Waals surface area contributed by atoms with Crippen molar-refractivity contribution in [1.29, 1.82) is 0 Å². The average molecular weight is 496 g/mol. The van der Waals surface area contributed by atoms with Gasteiger partial charge in [-0.3, -0.25) is 14.8 Å². The Labute approximate surface area is 201 Å². The van der Waals surface area contributed by atoms with Gasteiger partial charge >= 0.3 is 0 Å². The lowest BCUT2D eigenvalue weighted by molar-refractivity contribution is 0.102. The van der Waals surface area contributed by atoms with Crippen LogP contribution in [0.15, 0.2) is 83.1 Å². The predicted molar refractivity (Wildman–Crippen MR) is 132 cm³/mol.